The highest BCUT2D eigenvalue weighted by molar-refractivity contribution is 5.75. The smallest absolute Gasteiger partial charge is 0.250 e. The summed E-state index contributed by atoms with van der Waals surface area (Å²) in [4.78, 5) is 23.6. The van der Waals surface area contributed by atoms with Crippen molar-refractivity contribution in [2.24, 2.45) is 0 Å². The molecule has 27 heavy (non-hydrogen) atoms. The average Bonchev–Trinajstić information content (AvgIpc) is 2.71. The number of nitrogens with zero attached hydrogens (tertiary/aromatic N) is 1. The number of nitrogens with one attached hydrogen (secondary N) is 1. The minimum absolute atomic E-state index is 0.0813. The van der Waals surface area contributed by atoms with Gasteiger partial charge in [0.1, 0.15) is 12.4 Å². The van der Waals surface area contributed by atoms with E-state index < -0.39 is 0 Å². The van der Waals surface area contributed by atoms with E-state index in [0.29, 0.717) is 19.7 Å². The number of aryl methyl sites for hydroxylation is 1. The van der Waals surface area contributed by atoms with E-state index in [9.17, 15) is 9.59 Å². The van der Waals surface area contributed by atoms with Crippen LogP contribution < -0.4 is 15.6 Å². The zero-order chi connectivity index (χ0) is 18.9. The van der Waals surface area contributed by atoms with E-state index in [2.05, 4.69) is 5.32 Å². The van der Waals surface area contributed by atoms with Gasteiger partial charge in [0, 0.05) is 31.8 Å². The van der Waals surface area contributed by atoms with E-state index in [1.165, 1.54) is 10.6 Å². The van der Waals surface area contributed by atoms with Gasteiger partial charge in [0.25, 0.3) is 5.56 Å². The van der Waals surface area contributed by atoms with Gasteiger partial charge in [0.05, 0.1) is 0 Å². The summed E-state index contributed by atoms with van der Waals surface area (Å²) >= 11 is 0. The number of carbonyl (C=O) groups excluding carboxylic acids is 1. The van der Waals surface area contributed by atoms with Crippen LogP contribution in [0.4, 0.5) is 0 Å². The van der Waals surface area contributed by atoms with Crippen molar-refractivity contribution >= 4 is 5.91 Å². The minimum atomic E-state index is -0.0985. The van der Waals surface area contributed by atoms with Gasteiger partial charge in [-0.15, -0.1) is 0 Å². The summed E-state index contributed by atoms with van der Waals surface area (Å²) in [5.41, 5.74) is 1.99. The van der Waals surface area contributed by atoms with Gasteiger partial charge >= 0.3 is 0 Å². The highest BCUT2D eigenvalue weighted by Gasteiger charge is 2.03. The lowest BCUT2D eigenvalue weighted by Crippen LogP contribution is -2.26. The van der Waals surface area contributed by atoms with E-state index in [-0.39, 0.29) is 17.9 Å². The van der Waals surface area contributed by atoms with Gasteiger partial charge < -0.3 is 14.6 Å². The third kappa shape index (κ3) is 5.85. The van der Waals surface area contributed by atoms with Crippen molar-refractivity contribution in [1.29, 1.82) is 0 Å². The summed E-state index contributed by atoms with van der Waals surface area (Å²) in [7, 11) is 0. The lowest BCUT2D eigenvalue weighted by atomic mass is 10.1. The standard InChI is InChI=1S/C22H22N2O3/c25-21(13-15-24-14-5-4-8-22(24)26)23-16-18-9-11-19(12-10-18)17-27-20-6-2-1-3-7-20/h1-12,14H,13,15-17H2,(H,23,25). The Labute approximate surface area is 158 Å². The zero-order valence-electron chi connectivity index (χ0n) is 15.0. The number of para-hydroxylation sites is 1. The molecular weight excluding hydrogens is 340 g/mol. The van der Waals surface area contributed by atoms with E-state index in [0.717, 1.165) is 16.9 Å². The second-order valence-electron chi connectivity index (χ2n) is 6.18. The summed E-state index contributed by atoms with van der Waals surface area (Å²) in [5, 5.41) is 2.88. The van der Waals surface area contributed by atoms with Crippen molar-refractivity contribution in [2.75, 3.05) is 0 Å². The largest absolute Gasteiger partial charge is 0.489 e. The Hall–Kier alpha value is -3.34. The molecule has 5 nitrogen and oxygen atoms in total. The van der Waals surface area contributed by atoms with Crippen LogP contribution in [0.2, 0.25) is 0 Å². The topological polar surface area (TPSA) is 60.3 Å². The number of aromatic nitrogens is 1. The van der Waals surface area contributed by atoms with Gasteiger partial charge in [0.15, 0.2) is 0 Å². The average molecular weight is 362 g/mol. The van der Waals surface area contributed by atoms with Crippen LogP contribution in [0.25, 0.3) is 0 Å². The van der Waals surface area contributed by atoms with Gasteiger partial charge in [-0.2, -0.15) is 0 Å². The molecule has 0 aliphatic carbocycles. The summed E-state index contributed by atoms with van der Waals surface area (Å²) in [6.45, 7) is 1.34. The van der Waals surface area contributed by atoms with E-state index in [4.69, 9.17) is 4.74 Å². The fourth-order valence-corrected chi connectivity index (χ4v) is 2.59. The Morgan fingerprint density at radius 2 is 1.59 bits per heavy atom. The molecular formula is C22H22N2O3. The Bertz CT molecular complexity index is 918. The first kappa shape index (κ1) is 18.5. The summed E-state index contributed by atoms with van der Waals surface area (Å²) in [5.74, 6) is 0.758. The molecule has 2 aromatic carbocycles. The van der Waals surface area contributed by atoms with Crippen LogP contribution in [0.1, 0.15) is 17.5 Å². The summed E-state index contributed by atoms with van der Waals surface area (Å²) in [6, 6.07) is 22.6. The normalized spacial score (nSPS) is 10.4. The number of pyridine rings is 1. The number of carbonyl (C=O) groups is 1. The third-order valence-corrected chi connectivity index (χ3v) is 4.14. The van der Waals surface area contributed by atoms with Crippen molar-refractivity contribution in [3.8, 4) is 5.75 Å². The molecule has 0 fully saturated rings. The van der Waals surface area contributed by atoms with Gasteiger partial charge in [-0.05, 0) is 29.3 Å². The predicted molar refractivity (Wildman–Crippen MR) is 104 cm³/mol. The van der Waals surface area contributed by atoms with Crippen molar-refractivity contribution < 1.29 is 9.53 Å². The maximum absolute atomic E-state index is 12.0. The summed E-state index contributed by atoms with van der Waals surface area (Å²) in [6.07, 6.45) is 1.96. The van der Waals surface area contributed by atoms with Gasteiger partial charge in [0.2, 0.25) is 5.91 Å². The molecule has 0 unspecified atom stereocenters. The van der Waals surface area contributed by atoms with E-state index >= 15 is 0 Å². The van der Waals surface area contributed by atoms with Crippen LogP contribution in [-0.2, 0) is 24.5 Å². The number of hydrogen-bond acceptors (Lipinski definition) is 3. The van der Waals surface area contributed by atoms with Crippen molar-refractivity contribution in [1.82, 2.24) is 9.88 Å². The van der Waals surface area contributed by atoms with Crippen LogP contribution >= 0.6 is 0 Å². The van der Waals surface area contributed by atoms with Gasteiger partial charge in [-0.25, -0.2) is 0 Å². The van der Waals surface area contributed by atoms with Crippen molar-refractivity contribution in [3.05, 3.63) is 100 Å². The number of rotatable bonds is 8. The van der Waals surface area contributed by atoms with E-state index in [1.807, 2.05) is 54.6 Å². The second kappa shape index (κ2) is 9.38. The predicted octanol–water partition coefficient (Wildman–Crippen LogP) is 3.13. The molecule has 0 atom stereocenters. The molecule has 0 aliphatic heterocycles. The first-order valence-electron chi connectivity index (χ1n) is 8.88. The second-order valence-corrected chi connectivity index (χ2v) is 6.18. The molecule has 1 aromatic heterocycles. The fraction of sp³-hybridized carbons (Fsp3) is 0.182. The van der Waals surface area contributed by atoms with Crippen LogP contribution in [-0.4, -0.2) is 10.5 Å². The highest BCUT2D eigenvalue weighted by Crippen LogP contribution is 2.12. The monoisotopic (exact) mass is 362 g/mol. The molecule has 0 spiro atoms. The quantitative estimate of drug-likeness (QED) is 0.670. The van der Waals surface area contributed by atoms with Crippen molar-refractivity contribution in [2.45, 2.75) is 26.1 Å². The Balaban J connectivity index is 1.42. The maximum Gasteiger partial charge on any atom is 0.250 e. The number of hydrogen-bond donors (Lipinski definition) is 1. The molecule has 0 radical (unpaired) electrons. The highest BCUT2D eigenvalue weighted by atomic mass is 16.5. The van der Waals surface area contributed by atoms with Crippen LogP contribution in [0.3, 0.4) is 0 Å². The Morgan fingerprint density at radius 1 is 0.889 bits per heavy atom. The van der Waals surface area contributed by atoms with Gasteiger partial charge in [-0.1, -0.05) is 48.5 Å². The number of amides is 1. The molecule has 1 amide bonds. The fourth-order valence-electron chi connectivity index (χ4n) is 2.59. The maximum atomic E-state index is 12.0. The van der Waals surface area contributed by atoms with Crippen LogP contribution in [0.5, 0.6) is 5.75 Å². The van der Waals surface area contributed by atoms with E-state index in [1.54, 1.807) is 18.3 Å². The molecule has 1 heterocycles. The lowest BCUT2D eigenvalue weighted by Gasteiger charge is -2.09. The van der Waals surface area contributed by atoms with Gasteiger partial charge in [-0.3, -0.25) is 9.59 Å². The minimum Gasteiger partial charge on any atom is -0.489 e. The van der Waals surface area contributed by atoms with Crippen molar-refractivity contribution in [3.63, 3.8) is 0 Å². The molecule has 0 saturated carbocycles. The van der Waals surface area contributed by atoms with Crippen LogP contribution in [0.15, 0.2) is 83.8 Å². The Kier molecular flexibility index (Phi) is 6.41. The Morgan fingerprint density at radius 3 is 2.33 bits per heavy atom. The number of benzene rings is 2. The first-order chi connectivity index (χ1) is 13.2. The molecule has 5 heteroatoms. The lowest BCUT2D eigenvalue weighted by molar-refractivity contribution is -0.121. The molecule has 138 valence electrons. The molecule has 0 saturated heterocycles. The summed E-state index contributed by atoms with van der Waals surface area (Å²) < 4.78 is 7.25. The molecule has 3 rings (SSSR count). The van der Waals surface area contributed by atoms with Crippen LogP contribution in [0, 0.1) is 0 Å². The molecule has 3 aromatic rings. The molecule has 0 aliphatic rings. The first-order valence-corrected chi connectivity index (χ1v) is 8.88. The number of ether oxygens (including phenoxy) is 1. The third-order valence-electron chi connectivity index (χ3n) is 4.14. The SMILES string of the molecule is O=C(CCn1ccccc1=O)NCc1ccc(COc2ccccc2)cc1. The zero-order valence-corrected chi connectivity index (χ0v) is 15.0. The molecule has 1 N–H and O–H groups in total. The molecule has 0 bridgehead atoms.